The molecule has 0 aromatic heterocycles. The number of carbonyl (C=O) groups is 2. The number of nitrogens with zero attached hydrogens (tertiary/aromatic N) is 2. The van der Waals surface area contributed by atoms with Crippen molar-refractivity contribution in [3.05, 3.63) is 0 Å². The number of alkyl halides is 6. The summed E-state index contributed by atoms with van der Waals surface area (Å²) in [4.78, 5) is 25.6. The molecule has 8 nitrogen and oxygen atoms in total. The number of hydrogen-bond acceptors (Lipinski definition) is 6. The van der Waals surface area contributed by atoms with Crippen LogP contribution < -0.4 is 0 Å². The van der Waals surface area contributed by atoms with Crippen molar-refractivity contribution in [1.82, 2.24) is 10.0 Å². The molecule has 28 heavy (non-hydrogen) atoms. The second-order valence-electron chi connectivity index (χ2n) is 7.30. The van der Waals surface area contributed by atoms with Crippen molar-refractivity contribution in [3.63, 3.8) is 0 Å². The van der Waals surface area contributed by atoms with Crippen molar-refractivity contribution in [2.75, 3.05) is 13.2 Å². The first-order valence-corrected chi connectivity index (χ1v) is 10.4. The van der Waals surface area contributed by atoms with E-state index in [4.69, 9.17) is 88.6 Å². The van der Waals surface area contributed by atoms with E-state index >= 15 is 0 Å². The van der Waals surface area contributed by atoms with Gasteiger partial charge in [-0.2, -0.15) is 0 Å². The Morgan fingerprint density at radius 3 is 1.54 bits per heavy atom. The van der Waals surface area contributed by atoms with Crippen LogP contribution >= 0.6 is 69.6 Å². The lowest BCUT2D eigenvalue weighted by molar-refractivity contribution is -0.119. The molecule has 0 N–H and O–H groups in total. The summed E-state index contributed by atoms with van der Waals surface area (Å²) in [6, 6.07) is -1.29. The predicted molar refractivity (Wildman–Crippen MR) is 101 cm³/mol. The predicted octanol–water partition coefficient (Wildman–Crippen LogP) is 3.60. The zero-order valence-electron chi connectivity index (χ0n) is 14.3. The maximum atomic E-state index is 12.8. The van der Waals surface area contributed by atoms with Gasteiger partial charge in [-0.15, -0.1) is 0 Å². The van der Waals surface area contributed by atoms with E-state index in [9.17, 15) is 9.59 Å². The summed E-state index contributed by atoms with van der Waals surface area (Å²) in [6.45, 7) is 2.62. The van der Waals surface area contributed by atoms with Gasteiger partial charge in [0.25, 0.3) is 0 Å². The van der Waals surface area contributed by atoms with E-state index < -0.39 is 56.3 Å². The maximum absolute atomic E-state index is 12.8. The van der Waals surface area contributed by atoms with Gasteiger partial charge in [0.2, 0.25) is 7.59 Å². The molecular formula is C14H14Cl6N2O6. The topological polar surface area (TPSA) is 84.1 Å². The van der Waals surface area contributed by atoms with Gasteiger partial charge >= 0.3 is 12.2 Å². The Hall–Kier alpha value is 0.200. The Labute approximate surface area is 190 Å². The number of hydrogen-bond donors (Lipinski definition) is 0. The minimum absolute atomic E-state index is 0.317. The lowest BCUT2D eigenvalue weighted by Gasteiger charge is -2.51. The molecule has 4 aliphatic heterocycles. The number of ether oxygens (including phenoxy) is 4. The number of halogens is 6. The molecule has 0 radical (unpaired) electrons. The van der Waals surface area contributed by atoms with Crippen LogP contribution in [0.4, 0.5) is 9.59 Å². The Balaban J connectivity index is 1.62. The summed E-state index contributed by atoms with van der Waals surface area (Å²) >= 11 is 33.9. The number of amides is 2. The Morgan fingerprint density at radius 1 is 0.857 bits per heavy atom. The highest BCUT2D eigenvalue weighted by Gasteiger charge is 2.89. The zero-order valence-corrected chi connectivity index (χ0v) is 18.9. The third kappa shape index (κ3) is 3.28. The Bertz CT molecular complexity index is 672. The van der Waals surface area contributed by atoms with Crippen molar-refractivity contribution >= 4 is 81.8 Å². The lowest BCUT2D eigenvalue weighted by Crippen LogP contribution is -2.76. The molecule has 4 heterocycles. The van der Waals surface area contributed by atoms with Gasteiger partial charge in [0.15, 0.2) is 0 Å². The van der Waals surface area contributed by atoms with E-state index in [-0.39, 0.29) is 12.2 Å². The number of carbonyl (C=O) groups excluding carboxylic acids is 2. The molecule has 5 rings (SSSR count). The van der Waals surface area contributed by atoms with Crippen LogP contribution in [0.25, 0.3) is 0 Å². The first-order chi connectivity index (χ1) is 12.7. The van der Waals surface area contributed by atoms with Gasteiger partial charge in [-0.3, -0.25) is 0 Å². The van der Waals surface area contributed by atoms with Gasteiger partial charge in [0, 0.05) is 0 Å². The van der Waals surface area contributed by atoms with Crippen LogP contribution in [0.1, 0.15) is 13.8 Å². The van der Waals surface area contributed by atoms with Crippen molar-refractivity contribution in [2.24, 2.45) is 0 Å². The van der Waals surface area contributed by atoms with E-state index in [1.165, 1.54) is 0 Å². The largest absolute Gasteiger partial charge is 0.444 e. The standard InChI is InChI=1S/C14H14Cl6N2O6/c1-11-7-5-6(27-5)8(12(11,2)28-11)22(10(24)26-4-14(18,19)20)21(7)9(23)25-3-13(15,16)17/h5-8H,3-4H2,1-2H3/t5-,6+,7-,8-,11+,12-/m0/s1. The minimum Gasteiger partial charge on any atom is -0.444 e. The van der Waals surface area contributed by atoms with Crippen molar-refractivity contribution in [3.8, 4) is 0 Å². The molecule has 4 saturated heterocycles. The number of epoxide rings is 2. The van der Waals surface area contributed by atoms with Crippen molar-refractivity contribution in [1.29, 1.82) is 0 Å². The average Bonchev–Trinajstić information content (AvgIpc) is 3.42. The third-order valence-corrected chi connectivity index (χ3v) is 6.19. The monoisotopic (exact) mass is 516 g/mol. The summed E-state index contributed by atoms with van der Waals surface area (Å²) in [5.74, 6) is 0. The molecule has 1 saturated carbocycles. The summed E-state index contributed by atoms with van der Waals surface area (Å²) in [6.07, 6.45) is -2.47. The van der Waals surface area contributed by atoms with Gasteiger partial charge in [0.05, 0.1) is 0 Å². The second-order valence-corrected chi connectivity index (χ2v) is 12.3. The van der Waals surface area contributed by atoms with Gasteiger partial charge in [-0.1, -0.05) is 69.6 Å². The molecule has 158 valence electrons. The third-order valence-electron chi connectivity index (χ3n) is 5.53. The summed E-state index contributed by atoms with van der Waals surface area (Å²) in [7, 11) is 0. The van der Waals surface area contributed by atoms with Crippen molar-refractivity contribution < 1.29 is 28.5 Å². The zero-order chi connectivity index (χ0) is 20.9. The first-order valence-electron chi connectivity index (χ1n) is 8.11. The van der Waals surface area contributed by atoms with E-state index in [1.807, 2.05) is 13.8 Å². The van der Waals surface area contributed by atoms with Gasteiger partial charge in [-0.05, 0) is 13.8 Å². The van der Waals surface area contributed by atoms with Crippen LogP contribution in [0, 0.1) is 0 Å². The molecule has 1 aliphatic carbocycles. The van der Waals surface area contributed by atoms with Crippen LogP contribution in [0.3, 0.4) is 0 Å². The minimum atomic E-state index is -1.82. The Kier molecular flexibility index (Phi) is 4.87. The van der Waals surface area contributed by atoms with E-state index in [2.05, 4.69) is 0 Å². The highest BCUT2D eigenvalue weighted by Crippen LogP contribution is 2.68. The molecular weight excluding hydrogens is 505 g/mol. The summed E-state index contributed by atoms with van der Waals surface area (Å²) in [5, 5.41) is 2.18. The van der Waals surface area contributed by atoms with Crippen LogP contribution in [0.15, 0.2) is 0 Å². The number of hydrazine groups is 1. The molecule has 2 amide bonds. The maximum Gasteiger partial charge on any atom is 0.429 e. The molecule has 5 fully saturated rings. The van der Waals surface area contributed by atoms with Crippen molar-refractivity contribution in [2.45, 2.75) is 56.9 Å². The quantitative estimate of drug-likeness (QED) is 0.410. The van der Waals surface area contributed by atoms with E-state index in [1.54, 1.807) is 0 Å². The van der Waals surface area contributed by atoms with E-state index in [0.29, 0.717) is 0 Å². The van der Waals surface area contributed by atoms with Crippen LogP contribution in [0.2, 0.25) is 0 Å². The highest BCUT2D eigenvalue weighted by atomic mass is 35.6. The van der Waals surface area contributed by atoms with Crippen LogP contribution in [-0.4, -0.2) is 78.5 Å². The number of fused-ring (bicyclic) bond motifs is 1. The highest BCUT2D eigenvalue weighted by molar-refractivity contribution is 6.68. The SMILES string of the molecule is C[C@@]12O[C@]1(C)[C@@H]1[C@H]3O[C@H]3[C@@H]2N(C(=O)OCC(Cl)(Cl)Cl)N1C(=O)OCC(Cl)(Cl)Cl. The second kappa shape index (κ2) is 6.36. The Morgan fingerprint density at radius 2 is 1.21 bits per heavy atom. The van der Waals surface area contributed by atoms with Gasteiger partial charge < -0.3 is 18.9 Å². The van der Waals surface area contributed by atoms with Crippen LogP contribution in [-0.2, 0) is 18.9 Å². The summed E-state index contributed by atoms with van der Waals surface area (Å²) in [5.41, 5.74) is -1.47. The smallest absolute Gasteiger partial charge is 0.429 e. The first kappa shape index (κ1) is 21.4. The van der Waals surface area contributed by atoms with Gasteiger partial charge in [-0.25, -0.2) is 19.6 Å². The molecule has 5 aliphatic rings. The molecule has 0 aromatic rings. The fourth-order valence-corrected chi connectivity index (χ4v) is 4.56. The fourth-order valence-electron chi connectivity index (χ4n) is 4.23. The van der Waals surface area contributed by atoms with E-state index in [0.717, 1.165) is 10.0 Å². The summed E-state index contributed by atoms with van der Waals surface area (Å²) < 4.78 is 18.2. The van der Waals surface area contributed by atoms with Gasteiger partial charge in [0.1, 0.15) is 48.7 Å². The normalized spacial score (nSPS) is 40.6. The average molecular weight is 519 g/mol. The van der Waals surface area contributed by atoms with Crippen LogP contribution in [0.5, 0.6) is 0 Å². The molecule has 0 unspecified atom stereocenters. The molecule has 6 atom stereocenters. The molecule has 0 aromatic carbocycles. The lowest BCUT2D eigenvalue weighted by atomic mass is 9.72. The molecule has 0 spiro atoms. The fraction of sp³-hybridized carbons (Fsp3) is 0.857. The number of rotatable bonds is 2. The molecule has 2 bridgehead atoms. The molecule has 14 heteroatoms.